The van der Waals surface area contributed by atoms with Crippen molar-refractivity contribution in [3.8, 4) is 0 Å². The van der Waals surface area contributed by atoms with Gasteiger partial charge >= 0.3 is 0 Å². The highest BCUT2D eigenvalue weighted by atomic mass is 16.1. The SMILES string of the molecule is C=C[C@@H](CC(C)(C)CC)C(C)=O. The summed E-state index contributed by atoms with van der Waals surface area (Å²) in [5.74, 6) is 0.270. The van der Waals surface area contributed by atoms with Crippen molar-refractivity contribution in [2.24, 2.45) is 11.3 Å². The average Bonchev–Trinajstić information content (AvgIpc) is 2.00. The maximum absolute atomic E-state index is 11.1. The molecular formula is C11H20O. The lowest BCUT2D eigenvalue weighted by molar-refractivity contribution is -0.120. The molecule has 0 heterocycles. The van der Waals surface area contributed by atoms with E-state index < -0.39 is 0 Å². The van der Waals surface area contributed by atoms with Crippen molar-refractivity contribution in [3.05, 3.63) is 12.7 Å². The van der Waals surface area contributed by atoms with Gasteiger partial charge in [0.2, 0.25) is 0 Å². The lowest BCUT2D eigenvalue weighted by Gasteiger charge is -2.25. The Morgan fingerprint density at radius 3 is 2.33 bits per heavy atom. The molecule has 12 heavy (non-hydrogen) atoms. The Morgan fingerprint density at radius 1 is 1.58 bits per heavy atom. The van der Waals surface area contributed by atoms with Crippen LogP contribution in [0.4, 0.5) is 0 Å². The van der Waals surface area contributed by atoms with Gasteiger partial charge in [-0.05, 0) is 18.8 Å². The first kappa shape index (κ1) is 11.4. The highest BCUT2D eigenvalue weighted by Gasteiger charge is 2.21. The molecule has 1 nitrogen and oxygen atoms in total. The Hall–Kier alpha value is -0.590. The molecule has 0 aliphatic heterocycles. The molecule has 0 rings (SSSR count). The molecule has 0 aromatic carbocycles. The van der Waals surface area contributed by atoms with E-state index in [1.54, 1.807) is 13.0 Å². The van der Waals surface area contributed by atoms with E-state index in [1.165, 1.54) is 0 Å². The molecular weight excluding hydrogens is 148 g/mol. The first-order chi connectivity index (χ1) is 5.43. The molecule has 0 saturated carbocycles. The Balaban J connectivity index is 4.20. The van der Waals surface area contributed by atoms with Crippen LogP contribution in [0.5, 0.6) is 0 Å². The molecule has 0 aromatic rings. The summed E-state index contributed by atoms with van der Waals surface area (Å²) in [4.78, 5) is 11.1. The molecule has 0 bridgehead atoms. The zero-order chi connectivity index (χ0) is 9.78. The zero-order valence-electron chi connectivity index (χ0n) is 8.68. The van der Waals surface area contributed by atoms with Gasteiger partial charge in [0.25, 0.3) is 0 Å². The summed E-state index contributed by atoms with van der Waals surface area (Å²) in [6, 6.07) is 0. The van der Waals surface area contributed by atoms with E-state index in [2.05, 4.69) is 27.4 Å². The summed E-state index contributed by atoms with van der Waals surface area (Å²) in [6.07, 6.45) is 3.78. The minimum absolute atomic E-state index is 0.0416. The van der Waals surface area contributed by atoms with Gasteiger partial charge in [0, 0.05) is 5.92 Å². The van der Waals surface area contributed by atoms with Crippen LogP contribution < -0.4 is 0 Å². The molecule has 0 aliphatic carbocycles. The predicted molar refractivity (Wildman–Crippen MR) is 53.1 cm³/mol. The normalized spacial score (nSPS) is 14.0. The number of rotatable bonds is 5. The van der Waals surface area contributed by atoms with Crippen molar-refractivity contribution in [1.82, 2.24) is 0 Å². The summed E-state index contributed by atoms with van der Waals surface area (Å²) >= 11 is 0. The maximum atomic E-state index is 11.1. The standard InChI is InChI=1S/C11H20O/c1-6-10(9(3)12)8-11(4,5)7-2/h6,10H,1,7-8H2,2-5H3/t10-/m0/s1. The number of ketones is 1. The summed E-state index contributed by atoms with van der Waals surface area (Å²) in [5.41, 5.74) is 0.254. The third-order valence-electron chi connectivity index (χ3n) is 2.54. The highest BCUT2D eigenvalue weighted by molar-refractivity contribution is 5.79. The second-order valence-electron chi connectivity index (χ2n) is 4.17. The number of carbonyl (C=O) groups excluding carboxylic acids is 1. The topological polar surface area (TPSA) is 17.1 Å². The van der Waals surface area contributed by atoms with Crippen molar-refractivity contribution in [1.29, 1.82) is 0 Å². The van der Waals surface area contributed by atoms with Crippen LogP contribution in [0, 0.1) is 11.3 Å². The van der Waals surface area contributed by atoms with E-state index in [0.717, 1.165) is 12.8 Å². The summed E-state index contributed by atoms with van der Waals surface area (Å²) in [5, 5.41) is 0. The molecule has 1 heteroatoms. The first-order valence-electron chi connectivity index (χ1n) is 4.56. The first-order valence-corrected chi connectivity index (χ1v) is 4.56. The van der Waals surface area contributed by atoms with E-state index in [-0.39, 0.29) is 17.1 Å². The second kappa shape index (κ2) is 4.44. The molecule has 0 saturated heterocycles. The Morgan fingerprint density at radius 2 is 2.08 bits per heavy atom. The van der Waals surface area contributed by atoms with Crippen LogP contribution in [0.2, 0.25) is 0 Å². The van der Waals surface area contributed by atoms with Crippen molar-refractivity contribution < 1.29 is 4.79 Å². The Labute approximate surface area is 75.9 Å². The molecule has 0 aromatic heterocycles. The summed E-state index contributed by atoms with van der Waals surface area (Å²) in [6.45, 7) is 11.8. The van der Waals surface area contributed by atoms with Crippen molar-refractivity contribution in [2.75, 3.05) is 0 Å². The van der Waals surface area contributed by atoms with Gasteiger partial charge in [0.05, 0.1) is 0 Å². The lowest BCUT2D eigenvalue weighted by atomic mass is 9.79. The number of allylic oxidation sites excluding steroid dienone is 1. The van der Waals surface area contributed by atoms with Gasteiger partial charge in [-0.2, -0.15) is 0 Å². The molecule has 0 aliphatic rings. The molecule has 0 N–H and O–H groups in total. The maximum Gasteiger partial charge on any atom is 0.136 e. The van der Waals surface area contributed by atoms with Crippen LogP contribution >= 0.6 is 0 Å². The van der Waals surface area contributed by atoms with Gasteiger partial charge in [-0.15, -0.1) is 6.58 Å². The smallest absolute Gasteiger partial charge is 0.136 e. The van der Waals surface area contributed by atoms with Crippen molar-refractivity contribution >= 4 is 5.78 Å². The number of hydrogen-bond donors (Lipinski definition) is 0. The Bertz CT molecular complexity index is 168. The molecule has 0 unspecified atom stereocenters. The highest BCUT2D eigenvalue weighted by Crippen LogP contribution is 2.29. The molecule has 1 atom stereocenters. The van der Waals surface area contributed by atoms with Gasteiger partial charge < -0.3 is 0 Å². The fourth-order valence-corrected chi connectivity index (χ4v) is 1.13. The molecule has 70 valence electrons. The molecule has 0 radical (unpaired) electrons. The van der Waals surface area contributed by atoms with Crippen LogP contribution in [-0.2, 0) is 4.79 Å². The fraction of sp³-hybridized carbons (Fsp3) is 0.727. The monoisotopic (exact) mass is 168 g/mol. The number of hydrogen-bond acceptors (Lipinski definition) is 1. The summed E-state index contributed by atoms with van der Waals surface area (Å²) < 4.78 is 0. The average molecular weight is 168 g/mol. The van der Waals surface area contributed by atoms with E-state index in [1.807, 2.05) is 0 Å². The van der Waals surface area contributed by atoms with Gasteiger partial charge in [0.1, 0.15) is 5.78 Å². The van der Waals surface area contributed by atoms with Gasteiger partial charge in [-0.3, -0.25) is 4.79 Å². The summed E-state index contributed by atoms with van der Waals surface area (Å²) in [7, 11) is 0. The minimum atomic E-state index is 0.0416. The largest absolute Gasteiger partial charge is 0.299 e. The van der Waals surface area contributed by atoms with Crippen LogP contribution in [0.15, 0.2) is 12.7 Å². The van der Waals surface area contributed by atoms with Gasteiger partial charge in [-0.25, -0.2) is 0 Å². The van der Waals surface area contributed by atoms with E-state index >= 15 is 0 Å². The van der Waals surface area contributed by atoms with Gasteiger partial charge in [0.15, 0.2) is 0 Å². The van der Waals surface area contributed by atoms with Gasteiger partial charge in [-0.1, -0.05) is 33.3 Å². The quantitative estimate of drug-likeness (QED) is 0.576. The number of Topliss-reactive ketones (excluding diaryl/α,β-unsaturated/α-hetero) is 1. The number of carbonyl (C=O) groups is 1. The predicted octanol–water partition coefficient (Wildman–Crippen LogP) is 3.20. The van der Waals surface area contributed by atoms with Crippen LogP contribution in [0.25, 0.3) is 0 Å². The Kier molecular flexibility index (Phi) is 4.22. The van der Waals surface area contributed by atoms with E-state index in [0.29, 0.717) is 0 Å². The minimum Gasteiger partial charge on any atom is -0.299 e. The molecule has 0 spiro atoms. The second-order valence-corrected chi connectivity index (χ2v) is 4.17. The van der Waals surface area contributed by atoms with Crippen molar-refractivity contribution in [3.63, 3.8) is 0 Å². The van der Waals surface area contributed by atoms with Crippen LogP contribution in [-0.4, -0.2) is 5.78 Å². The van der Waals surface area contributed by atoms with Crippen LogP contribution in [0.3, 0.4) is 0 Å². The van der Waals surface area contributed by atoms with Crippen LogP contribution in [0.1, 0.15) is 40.5 Å². The molecule has 0 amide bonds. The third-order valence-corrected chi connectivity index (χ3v) is 2.54. The third kappa shape index (κ3) is 3.70. The lowest BCUT2D eigenvalue weighted by Crippen LogP contribution is -2.19. The fourth-order valence-electron chi connectivity index (χ4n) is 1.13. The van der Waals surface area contributed by atoms with E-state index in [9.17, 15) is 4.79 Å². The van der Waals surface area contributed by atoms with Crippen molar-refractivity contribution in [2.45, 2.75) is 40.5 Å². The zero-order valence-corrected chi connectivity index (χ0v) is 8.68. The van der Waals surface area contributed by atoms with E-state index in [4.69, 9.17) is 0 Å². The molecule has 0 fully saturated rings.